The molecule has 1 aromatic carbocycles. The standard InChI is InChI=1S/C20H26F3N3O2/c21-20(22,23)17-7-5-15(6-8-17)9-10-24-18(27)16-4-3-13-26(14-16)19(28)25-11-1-2-12-25/h5-8,16H,1-4,9-14H2,(H,24,27)/t16-/m1/s1. The lowest BCUT2D eigenvalue weighted by Crippen LogP contribution is -2.49. The summed E-state index contributed by atoms with van der Waals surface area (Å²) in [5.74, 6) is -0.321. The number of carbonyl (C=O) groups excluding carboxylic acids is 2. The number of likely N-dealkylation sites (tertiary alicyclic amines) is 2. The minimum Gasteiger partial charge on any atom is -0.355 e. The number of alkyl halides is 3. The van der Waals surface area contributed by atoms with Crippen LogP contribution >= 0.6 is 0 Å². The van der Waals surface area contributed by atoms with Crippen LogP contribution in [-0.4, -0.2) is 54.5 Å². The smallest absolute Gasteiger partial charge is 0.355 e. The van der Waals surface area contributed by atoms with Gasteiger partial charge < -0.3 is 15.1 Å². The van der Waals surface area contributed by atoms with Crippen molar-refractivity contribution in [2.24, 2.45) is 5.92 Å². The Kier molecular flexibility index (Phi) is 6.46. The molecule has 3 rings (SSSR count). The second-order valence-electron chi connectivity index (χ2n) is 7.50. The van der Waals surface area contributed by atoms with Gasteiger partial charge in [0.1, 0.15) is 0 Å². The van der Waals surface area contributed by atoms with Crippen molar-refractivity contribution in [3.8, 4) is 0 Å². The van der Waals surface area contributed by atoms with E-state index < -0.39 is 11.7 Å². The second kappa shape index (κ2) is 8.84. The van der Waals surface area contributed by atoms with Gasteiger partial charge in [0.15, 0.2) is 0 Å². The van der Waals surface area contributed by atoms with Gasteiger partial charge in [-0.1, -0.05) is 12.1 Å². The van der Waals surface area contributed by atoms with E-state index in [9.17, 15) is 22.8 Å². The van der Waals surface area contributed by atoms with Gasteiger partial charge in [-0.05, 0) is 49.8 Å². The maximum absolute atomic E-state index is 12.6. The lowest BCUT2D eigenvalue weighted by molar-refractivity contribution is -0.137. The van der Waals surface area contributed by atoms with Gasteiger partial charge in [-0.15, -0.1) is 0 Å². The third-order valence-electron chi connectivity index (χ3n) is 5.43. The Balaban J connectivity index is 1.44. The first-order chi connectivity index (χ1) is 13.3. The van der Waals surface area contributed by atoms with Gasteiger partial charge in [0.25, 0.3) is 0 Å². The van der Waals surface area contributed by atoms with Gasteiger partial charge in [0.05, 0.1) is 11.5 Å². The van der Waals surface area contributed by atoms with Gasteiger partial charge in [-0.2, -0.15) is 13.2 Å². The van der Waals surface area contributed by atoms with E-state index in [2.05, 4.69) is 5.32 Å². The van der Waals surface area contributed by atoms with E-state index in [-0.39, 0.29) is 17.9 Å². The predicted molar refractivity (Wildman–Crippen MR) is 98.7 cm³/mol. The summed E-state index contributed by atoms with van der Waals surface area (Å²) in [5, 5.41) is 2.86. The molecular formula is C20H26F3N3O2. The molecule has 5 nitrogen and oxygen atoms in total. The van der Waals surface area contributed by atoms with Crippen molar-refractivity contribution in [2.45, 2.75) is 38.3 Å². The van der Waals surface area contributed by atoms with E-state index >= 15 is 0 Å². The van der Waals surface area contributed by atoms with Crippen molar-refractivity contribution in [3.05, 3.63) is 35.4 Å². The lowest BCUT2D eigenvalue weighted by atomic mass is 9.97. The summed E-state index contributed by atoms with van der Waals surface area (Å²) in [5.41, 5.74) is 0.0630. The Morgan fingerprint density at radius 3 is 2.29 bits per heavy atom. The van der Waals surface area contributed by atoms with Crippen LogP contribution in [-0.2, 0) is 17.4 Å². The number of halogens is 3. The summed E-state index contributed by atoms with van der Waals surface area (Å²) >= 11 is 0. The highest BCUT2D eigenvalue weighted by Gasteiger charge is 2.32. The summed E-state index contributed by atoms with van der Waals surface area (Å²) < 4.78 is 37.7. The van der Waals surface area contributed by atoms with Crippen molar-refractivity contribution in [1.82, 2.24) is 15.1 Å². The van der Waals surface area contributed by atoms with Crippen molar-refractivity contribution in [2.75, 3.05) is 32.7 Å². The third kappa shape index (κ3) is 5.17. The van der Waals surface area contributed by atoms with Crippen LogP contribution in [0.25, 0.3) is 0 Å². The van der Waals surface area contributed by atoms with Crippen LogP contribution < -0.4 is 5.32 Å². The Bertz CT molecular complexity index is 685. The number of rotatable bonds is 4. The molecule has 2 aliphatic rings. The molecule has 2 aliphatic heterocycles. The van der Waals surface area contributed by atoms with E-state index in [1.807, 2.05) is 4.90 Å². The zero-order chi connectivity index (χ0) is 20.1. The van der Waals surface area contributed by atoms with Crippen LogP contribution in [0.5, 0.6) is 0 Å². The van der Waals surface area contributed by atoms with Gasteiger partial charge in [0, 0.05) is 32.7 Å². The van der Waals surface area contributed by atoms with Crippen LogP contribution in [0.2, 0.25) is 0 Å². The van der Waals surface area contributed by atoms with Crippen LogP contribution in [0.4, 0.5) is 18.0 Å². The quantitative estimate of drug-likeness (QED) is 0.848. The lowest BCUT2D eigenvalue weighted by Gasteiger charge is -2.34. The largest absolute Gasteiger partial charge is 0.416 e. The fourth-order valence-electron chi connectivity index (χ4n) is 3.81. The Hall–Kier alpha value is -2.25. The number of nitrogens with zero attached hydrogens (tertiary/aromatic N) is 2. The predicted octanol–water partition coefficient (Wildman–Crippen LogP) is 3.29. The zero-order valence-corrected chi connectivity index (χ0v) is 15.8. The summed E-state index contributed by atoms with van der Waals surface area (Å²) in [4.78, 5) is 28.6. The summed E-state index contributed by atoms with van der Waals surface area (Å²) in [6, 6.07) is 5.01. The maximum atomic E-state index is 12.6. The van der Waals surface area contributed by atoms with Crippen molar-refractivity contribution in [1.29, 1.82) is 0 Å². The minimum atomic E-state index is -4.34. The zero-order valence-electron chi connectivity index (χ0n) is 15.8. The van der Waals surface area contributed by atoms with E-state index in [1.54, 1.807) is 4.90 Å². The molecule has 8 heteroatoms. The normalized spacial score (nSPS) is 20.3. The van der Waals surface area contributed by atoms with Gasteiger partial charge in [-0.3, -0.25) is 4.79 Å². The second-order valence-corrected chi connectivity index (χ2v) is 7.50. The summed E-state index contributed by atoms with van der Waals surface area (Å²) in [7, 11) is 0. The molecule has 28 heavy (non-hydrogen) atoms. The molecule has 0 bridgehead atoms. The van der Waals surface area contributed by atoms with Gasteiger partial charge in [-0.25, -0.2) is 4.79 Å². The molecule has 0 unspecified atom stereocenters. The van der Waals surface area contributed by atoms with Gasteiger partial charge in [0.2, 0.25) is 5.91 Å². The molecule has 0 saturated carbocycles. The average molecular weight is 397 g/mol. The fraction of sp³-hybridized carbons (Fsp3) is 0.600. The van der Waals surface area contributed by atoms with Crippen molar-refractivity contribution >= 4 is 11.9 Å². The van der Waals surface area contributed by atoms with E-state index in [1.165, 1.54) is 12.1 Å². The topological polar surface area (TPSA) is 52.7 Å². The molecule has 1 aromatic rings. The Morgan fingerprint density at radius 2 is 1.64 bits per heavy atom. The molecule has 2 saturated heterocycles. The number of piperidine rings is 1. The number of amides is 3. The monoisotopic (exact) mass is 397 g/mol. The molecule has 3 amide bonds. The van der Waals surface area contributed by atoms with Crippen molar-refractivity contribution < 1.29 is 22.8 Å². The van der Waals surface area contributed by atoms with Crippen LogP contribution in [0.3, 0.4) is 0 Å². The first-order valence-corrected chi connectivity index (χ1v) is 9.82. The molecule has 0 aliphatic carbocycles. The first kappa shape index (κ1) is 20.5. The SMILES string of the molecule is O=C(NCCc1ccc(C(F)(F)F)cc1)[C@@H]1CCCN(C(=O)N2CCCC2)C1. The number of nitrogens with one attached hydrogen (secondary N) is 1. The maximum Gasteiger partial charge on any atom is 0.416 e. The molecule has 0 spiro atoms. The number of benzene rings is 1. The molecular weight excluding hydrogens is 371 g/mol. The van der Waals surface area contributed by atoms with Gasteiger partial charge >= 0.3 is 12.2 Å². The minimum absolute atomic E-state index is 0.0276. The van der Waals surface area contributed by atoms with Crippen molar-refractivity contribution in [3.63, 3.8) is 0 Å². The molecule has 2 heterocycles. The number of hydrogen-bond donors (Lipinski definition) is 1. The first-order valence-electron chi connectivity index (χ1n) is 9.82. The molecule has 0 radical (unpaired) electrons. The highest BCUT2D eigenvalue weighted by Crippen LogP contribution is 2.29. The Morgan fingerprint density at radius 1 is 1.00 bits per heavy atom. The van der Waals surface area contributed by atoms with E-state index in [0.717, 1.165) is 56.5 Å². The average Bonchev–Trinajstić information content (AvgIpc) is 3.22. The highest BCUT2D eigenvalue weighted by atomic mass is 19.4. The number of urea groups is 1. The van der Waals surface area contributed by atoms with Crippen LogP contribution in [0.15, 0.2) is 24.3 Å². The molecule has 0 aromatic heterocycles. The number of hydrogen-bond acceptors (Lipinski definition) is 2. The number of carbonyl (C=O) groups is 2. The van der Waals surface area contributed by atoms with E-state index in [0.29, 0.717) is 26.1 Å². The molecule has 1 N–H and O–H groups in total. The van der Waals surface area contributed by atoms with Crippen LogP contribution in [0, 0.1) is 5.92 Å². The summed E-state index contributed by atoms with van der Waals surface area (Å²) in [6.07, 6.45) is -0.257. The van der Waals surface area contributed by atoms with Crippen LogP contribution in [0.1, 0.15) is 36.8 Å². The van der Waals surface area contributed by atoms with E-state index in [4.69, 9.17) is 0 Å². The molecule has 1 atom stereocenters. The fourth-order valence-corrected chi connectivity index (χ4v) is 3.81. The molecule has 2 fully saturated rings. The summed E-state index contributed by atoms with van der Waals surface area (Å²) in [6.45, 7) is 3.06. The molecule has 154 valence electrons. The Labute approximate surface area is 162 Å². The highest BCUT2D eigenvalue weighted by molar-refractivity contribution is 5.81. The third-order valence-corrected chi connectivity index (χ3v) is 5.43.